The third-order valence-corrected chi connectivity index (χ3v) is 6.18. The summed E-state index contributed by atoms with van der Waals surface area (Å²) in [5.41, 5.74) is -2.28. The maximum Gasteiger partial charge on any atom is 0.330 e. The second kappa shape index (κ2) is 17.9. The number of hydrogen-bond donors (Lipinski definition) is 1. The van der Waals surface area contributed by atoms with E-state index in [1.807, 2.05) is 19.9 Å². The highest BCUT2D eigenvalue weighted by molar-refractivity contribution is 5.82. The van der Waals surface area contributed by atoms with Crippen molar-refractivity contribution in [2.24, 2.45) is 17.3 Å². The van der Waals surface area contributed by atoms with Crippen molar-refractivity contribution in [1.82, 2.24) is 0 Å². The lowest BCUT2D eigenvalue weighted by molar-refractivity contribution is -0.162. The first-order valence-electron chi connectivity index (χ1n) is 13.1. The Morgan fingerprint density at radius 2 is 1.42 bits per heavy atom. The Bertz CT molecular complexity index is 701. The number of unbranched alkanes of at least 4 members (excludes halogenated alkanes) is 1. The molecule has 206 valence electrons. The van der Waals surface area contributed by atoms with Crippen LogP contribution in [0.4, 0.5) is 0 Å². The molecule has 0 aromatic rings. The van der Waals surface area contributed by atoms with Gasteiger partial charge in [-0.05, 0) is 43.9 Å². The molecule has 0 bridgehead atoms. The maximum absolute atomic E-state index is 12.7. The highest BCUT2D eigenvalue weighted by Gasteiger charge is 2.42. The highest BCUT2D eigenvalue weighted by Crippen LogP contribution is 2.35. The molecule has 0 amide bonds. The third kappa shape index (κ3) is 14.2. The molecule has 0 radical (unpaired) electrons. The number of allylic oxidation sites excluding steroid dienone is 1. The van der Waals surface area contributed by atoms with E-state index in [-0.39, 0.29) is 32.2 Å². The summed E-state index contributed by atoms with van der Waals surface area (Å²) in [5, 5.41) is 11.2. The third-order valence-electron chi connectivity index (χ3n) is 6.18. The van der Waals surface area contributed by atoms with Crippen molar-refractivity contribution in [3.63, 3.8) is 0 Å². The smallest absolute Gasteiger partial charge is 0.330 e. The number of aliphatic hydroxyl groups is 1. The van der Waals surface area contributed by atoms with Crippen molar-refractivity contribution in [3.05, 3.63) is 37.5 Å². The van der Waals surface area contributed by atoms with Crippen molar-refractivity contribution in [2.75, 3.05) is 19.8 Å². The normalized spacial score (nSPS) is 14.2. The monoisotopic (exact) mass is 508 g/mol. The van der Waals surface area contributed by atoms with Crippen LogP contribution in [-0.2, 0) is 28.6 Å². The van der Waals surface area contributed by atoms with Gasteiger partial charge in [0.05, 0.1) is 11.0 Å². The largest absolute Gasteiger partial charge is 0.462 e. The van der Waals surface area contributed by atoms with Crippen molar-refractivity contribution in [2.45, 2.75) is 91.6 Å². The molecule has 1 N–H and O–H groups in total. The van der Waals surface area contributed by atoms with Crippen molar-refractivity contribution in [1.29, 1.82) is 0 Å². The number of carbonyl (C=O) groups excluding carboxylic acids is 3. The molecule has 0 saturated heterocycles. The molecule has 0 spiro atoms. The van der Waals surface area contributed by atoms with E-state index >= 15 is 0 Å². The topological polar surface area (TPSA) is 99.1 Å². The minimum absolute atomic E-state index is 0.0999. The zero-order valence-corrected chi connectivity index (χ0v) is 23.1. The average molecular weight is 509 g/mol. The summed E-state index contributed by atoms with van der Waals surface area (Å²) in [5.74, 6) is -1.08. The van der Waals surface area contributed by atoms with E-state index in [1.54, 1.807) is 0 Å². The van der Waals surface area contributed by atoms with Gasteiger partial charge in [0.15, 0.2) is 0 Å². The molecular formula is C29H48O7. The summed E-state index contributed by atoms with van der Waals surface area (Å²) < 4.78 is 16.2. The van der Waals surface area contributed by atoms with E-state index in [2.05, 4.69) is 33.9 Å². The Morgan fingerprint density at radius 3 is 1.83 bits per heavy atom. The van der Waals surface area contributed by atoms with Crippen LogP contribution in [0.5, 0.6) is 0 Å². The van der Waals surface area contributed by atoms with Gasteiger partial charge in [-0.3, -0.25) is 0 Å². The predicted molar refractivity (Wildman–Crippen MR) is 142 cm³/mol. The molecule has 36 heavy (non-hydrogen) atoms. The molecule has 0 aliphatic carbocycles. The van der Waals surface area contributed by atoms with Crippen molar-refractivity contribution in [3.8, 4) is 0 Å². The van der Waals surface area contributed by atoms with Gasteiger partial charge >= 0.3 is 17.9 Å². The highest BCUT2D eigenvalue weighted by atomic mass is 16.6. The van der Waals surface area contributed by atoms with Gasteiger partial charge in [-0.1, -0.05) is 73.1 Å². The van der Waals surface area contributed by atoms with Gasteiger partial charge in [0.2, 0.25) is 0 Å². The molecule has 0 fully saturated rings. The van der Waals surface area contributed by atoms with Gasteiger partial charge in [0.25, 0.3) is 0 Å². The van der Waals surface area contributed by atoms with Crippen molar-refractivity contribution >= 4 is 17.9 Å². The fourth-order valence-electron chi connectivity index (χ4n) is 4.25. The van der Waals surface area contributed by atoms with Gasteiger partial charge in [-0.2, -0.15) is 0 Å². The average Bonchev–Trinajstić information content (AvgIpc) is 2.85. The van der Waals surface area contributed by atoms with Crippen LogP contribution in [0.1, 0.15) is 86.0 Å². The lowest BCUT2D eigenvalue weighted by atomic mass is 9.75. The van der Waals surface area contributed by atoms with E-state index < -0.39 is 28.9 Å². The quantitative estimate of drug-likeness (QED) is 0.128. The molecule has 0 aliphatic rings. The molecule has 7 nitrogen and oxygen atoms in total. The van der Waals surface area contributed by atoms with Crippen LogP contribution >= 0.6 is 0 Å². The van der Waals surface area contributed by atoms with Crippen LogP contribution in [0.3, 0.4) is 0 Å². The SMILES string of the molecule is C=CC(=O)OCC(COC(=O)C=C)(COC(=O)C=CC(CCCC)CC(C)C)CC(O)(CC)CCC. The molecule has 2 atom stereocenters. The second-order valence-corrected chi connectivity index (χ2v) is 10.1. The van der Waals surface area contributed by atoms with Gasteiger partial charge in [-0.25, -0.2) is 14.4 Å². The summed E-state index contributed by atoms with van der Waals surface area (Å²) in [4.78, 5) is 36.4. The van der Waals surface area contributed by atoms with E-state index in [1.165, 1.54) is 6.08 Å². The Morgan fingerprint density at radius 1 is 0.889 bits per heavy atom. The summed E-state index contributed by atoms with van der Waals surface area (Å²) in [6.07, 6.45) is 11.3. The number of ether oxygens (including phenoxy) is 3. The van der Waals surface area contributed by atoms with Crippen LogP contribution in [-0.4, -0.2) is 48.4 Å². The molecule has 0 saturated carbocycles. The minimum atomic E-state index is -1.15. The molecule has 0 aromatic carbocycles. The zero-order chi connectivity index (χ0) is 27.6. The van der Waals surface area contributed by atoms with Crippen molar-refractivity contribution < 1.29 is 33.7 Å². The van der Waals surface area contributed by atoms with Crippen LogP contribution in [0, 0.1) is 17.3 Å². The Labute approximate surface area is 218 Å². The lowest BCUT2D eigenvalue weighted by Gasteiger charge is -2.39. The predicted octanol–water partition coefficient (Wildman–Crippen LogP) is 5.71. The lowest BCUT2D eigenvalue weighted by Crippen LogP contribution is -2.46. The van der Waals surface area contributed by atoms with E-state index in [9.17, 15) is 19.5 Å². The summed E-state index contributed by atoms with van der Waals surface area (Å²) in [6.45, 7) is 16.4. The van der Waals surface area contributed by atoms with E-state index in [4.69, 9.17) is 14.2 Å². The van der Waals surface area contributed by atoms with Crippen LogP contribution in [0.15, 0.2) is 37.5 Å². The summed E-state index contributed by atoms with van der Waals surface area (Å²) in [7, 11) is 0. The van der Waals surface area contributed by atoms with Gasteiger partial charge in [0.1, 0.15) is 19.8 Å². The summed E-state index contributed by atoms with van der Waals surface area (Å²) in [6, 6.07) is 0. The van der Waals surface area contributed by atoms with E-state index in [0.717, 1.165) is 44.3 Å². The minimum Gasteiger partial charge on any atom is -0.462 e. The van der Waals surface area contributed by atoms with Crippen LogP contribution < -0.4 is 0 Å². The molecule has 0 aromatic heterocycles. The van der Waals surface area contributed by atoms with Crippen LogP contribution in [0.2, 0.25) is 0 Å². The van der Waals surface area contributed by atoms with Gasteiger partial charge < -0.3 is 19.3 Å². The number of carbonyl (C=O) groups is 3. The molecule has 7 heteroatoms. The Balaban J connectivity index is 5.84. The van der Waals surface area contributed by atoms with Gasteiger partial charge in [0, 0.05) is 18.2 Å². The van der Waals surface area contributed by atoms with Crippen LogP contribution in [0.25, 0.3) is 0 Å². The molecule has 0 aliphatic heterocycles. The number of rotatable bonds is 20. The zero-order valence-electron chi connectivity index (χ0n) is 23.1. The number of hydrogen-bond acceptors (Lipinski definition) is 7. The molecular weight excluding hydrogens is 460 g/mol. The second-order valence-electron chi connectivity index (χ2n) is 10.1. The van der Waals surface area contributed by atoms with E-state index in [0.29, 0.717) is 18.8 Å². The Hall–Kier alpha value is -2.41. The first kappa shape index (κ1) is 33.6. The fourth-order valence-corrected chi connectivity index (χ4v) is 4.25. The first-order chi connectivity index (χ1) is 17.0. The first-order valence-corrected chi connectivity index (χ1v) is 13.1. The number of esters is 3. The Kier molecular flexibility index (Phi) is 16.7. The standard InChI is InChI=1S/C29H48O7/c1-8-13-14-24(18-23(6)7)15-16-27(32)36-22-28(20-34-25(30)10-3,21-35-26(31)11-4)19-29(33,12-5)17-9-2/h10-11,15-16,23-24,33H,3-4,8-9,12-14,17-22H2,1-2,5-7H3. The molecule has 2 unspecified atom stereocenters. The summed E-state index contributed by atoms with van der Waals surface area (Å²) >= 11 is 0. The van der Waals surface area contributed by atoms with Gasteiger partial charge in [-0.15, -0.1) is 0 Å². The fraction of sp³-hybridized carbons (Fsp3) is 0.690. The maximum atomic E-state index is 12.7. The molecule has 0 heterocycles. The molecule has 0 rings (SSSR count).